The average Bonchev–Trinajstić information content (AvgIpc) is 3.47. The maximum Gasteiger partial charge on any atom is 0.306 e. The Bertz CT molecular complexity index is 1220. The van der Waals surface area contributed by atoms with Gasteiger partial charge < -0.3 is 14.2 Å². The van der Waals surface area contributed by atoms with Gasteiger partial charge in [0.1, 0.15) is 13.2 Å². The van der Waals surface area contributed by atoms with Crippen molar-refractivity contribution in [1.29, 1.82) is 0 Å². The fraction of sp³-hybridized carbons (Fsp3) is 0.960. The lowest BCUT2D eigenvalue weighted by molar-refractivity contribution is -0.167. The quantitative estimate of drug-likeness (QED) is 0.0343. The van der Waals surface area contributed by atoms with Crippen LogP contribution in [0.25, 0.3) is 0 Å². The van der Waals surface area contributed by atoms with Crippen molar-refractivity contribution in [1.82, 2.24) is 0 Å². The zero-order valence-corrected chi connectivity index (χ0v) is 55.6. The second kappa shape index (κ2) is 70.9. The molecule has 0 radical (unpaired) electrons. The van der Waals surface area contributed by atoms with E-state index < -0.39 is 6.10 Å². The minimum absolute atomic E-state index is 0.0598. The van der Waals surface area contributed by atoms with Crippen molar-refractivity contribution >= 4 is 17.9 Å². The van der Waals surface area contributed by atoms with Gasteiger partial charge in [0, 0.05) is 19.3 Å². The molecule has 1 unspecified atom stereocenters. The van der Waals surface area contributed by atoms with Gasteiger partial charge in [-0.3, -0.25) is 14.4 Å². The summed E-state index contributed by atoms with van der Waals surface area (Å²) < 4.78 is 17.1. The lowest BCUT2D eigenvalue weighted by Gasteiger charge is -2.18. The lowest BCUT2D eigenvalue weighted by atomic mass is 10.0. The standard InChI is InChI=1S/C75H146O6/c1-4-7-10-13-16-19-22-25-28-31-34-36-38-40-41-44-47-50-53-56-59-62-65-68-74(77)80-71-72(70-79-73(76)67-64-61-58-55-52-49-46-43-33-30-27-24-21-18-15-12-9-6-3)81-75(78)69-66-63-60-57-54-51-48-45-42-39-37-35-32-29-26-23-20-17-14-11-8-5-2/h72H,4-71H2,1-3H3. The molecule has 0 aromatic carbocycles. The third-order valence-electron chi connectivity index (χ3n) is 17.6. The SMILES string of the molecule is CCCCCCCCCCCCCCCCCCCCCCCCCC(=O)OCC(COC(=O)CCCCCCCCCCCCCCCCCCCC)OC(=O)CCCCCCCCCCCCCCCCCCCCCCCC. The number of carbonyl (C=O) groups excluding carboxylic acids is 3. The maximum atomic E-state index is 13.0. The van der Waals surface area contributed by atoms with Crippen molar-refractivity contribution in [3.8, 4) is 0 Å². The number of esters is 3. The molecule has 6 nitrogen and oxygen atoms in total. The first-order chi connectivity index (χ1) is 40.0. The fourth-order valence-electron chi connectivity index (χ4n) is 12.0. The first kappa shape index (κ1) is 79.4. The van der Waals surface area contributed by atoms with Gasteiger partial charge in [0.2, 0.25) is 0 Å². The fourth-order valence-corrected chi connectivity index (χ4v) is 12.0. The van der Waals surface area contributed by atoms with Crippen LogP contribution in [0, 0.1) is 0 Å². The highest BCUT2D eigenvalue weighted by molar-refractivity contribution is 5.71. The Kier molecular flexibility index (Phi) is 69.5. The number of rotatable bonds is 71. The number of hydrogen-bond donors (Lipinski definition) is 0. The normalized spacial score (nSPS) is 11.9. The van der Waals surface area contributed by atoms with Gasteiger partial charge in [-0.05, 0) is 19.3 Å². The number of carbonyl (C=O) groups is 3. The molecular weight excluding hydrogens is 997 g/mol. The summed E-state index contributed by atoms with van der Waals surface area (Å²) in [5.74, 6) is -0.814. The summed E-state index contributed by atoms with van der Waals surface area (Å²) in [6.07, 6.45) is 84.3. The Morgan fingerprint density at radius 1 is 0.198 bits per heavy atom. The molecule has 0 bridgehead atoms. The summed E-state index contributed by atoms with van der Waals surface area (Å²) in [7, 11) is 0. The van der Waals surface area contributed by atoms with Crippen LogP contribution in [0.2, 0.25) is 0 Å². The molecule has 0 saturated heterocycles. The third kappa shape index (κ3) is 69.1. The molecule has 0 N–H and O–H groups in total. The van der Waals surface area contributed by atoms with Crippen LogP contribution in [0.4, 0.5) is 0 Å². The molecule has 0 aromatic heterocycles. The van der Waals surface area contributed by atoms with E-state index in [4.69, 9.17) is 14.2 Å². The summed E-state index contributed by atoms with van der Waals surface area (Å²) in [6.45, 7) is 6.76. The highest BCUT2D eigenvalue weighted by atomic mass is 16.6. The van der Waals surface area contributed by atoms with E-state index in [9.17, 15) is 14.4 Å². The highest BCUT2D eigenvalue weighted by Gasteiger charge is 2.20. The minimum atomic E-state index is -0.764. The van der Waals surface area contributed by atoms with E-state index in [-0.39, 0.29) is 31.1 Å². The molecule has 0 aliphatic heterocycles. The van der Waals surface area contributed by atoms with Gasteiger partial charge in [-0.15, -0.1) is 0 Å². The van der Waals surface area contributed by atoms with E-state index >= 15 is 0 Å². The second-order valence-electron chi connectivity index (χ2n) is 25.9. The zero-order chi connectivity index (χ0) is 58.5. The van der Waals surface area contributed by atoms with Crippen molar-refractivity contribution in [2.24, 2.45) is 0 Å². The van der Waals surface area contributed by atoms with Crippen molar-refractivity contribution in [2.45, 2.75) is 451 Å². The van der Waals surface area contributed by atoms with Crippen LogP contribution in [-0.4, -0.2) is 37.2 Å². The molecule has 0 saturated carbocycles. The van der Waals surface area contributed by atoms with E-state index in [1.54, 1.807) is 0 Å². The molecule has 0 aliphatic carbocycles. The molecule has 0 fully saturated rings. The van der Waals surface area contributed by atoms with Gasteiger partial charge in [-0.2, -0.15) is 0 Å². The van der Waals surface area contributed by atoms with Crippen LogP contribution in [0.1, 0.15) is 445 Å². The predicted molar refractivity (Wildman–Crippen MR) is 354 cm³/mol. The van der Waals surface area contributed by atoms with E-state index in [0.29, 0.717) is 19.3 Å². The van der Waals surface area contributed by atoms with Gasteiger partial charge in [-0.1, -0.05) is 406 Å². The second-order valence-corrected chi connectivity index (χ2v) is 25.9. The van der Waals surface area contributed by atoms with E-state index in [1.165, 1.54) is 347 Å². The molecule has 0 spiro atoms. The summed E-state index contributed by atoms with van der Waals surface area (Å²) >= 11 is 0. The molecule has 1 atom stereocenters. The predicted octanol–water partition coefficient (Wildman–Crippen LogP) is 25.8. The topological polar surface area (TPSA) is 78.9 Å². The van der Waals surface area contributed by atoms with Gasteiger partial charge in [-0.25, -0.2) is 0 Å². The molecule has 0 aliphatic rings. The molecule has 81 heavy (non-hydrogen) atoms. The highest BCUT2D eigenvalue weighted by Crippen LogP contribution is 2.20. The summed E-state index contributed by atoms with van der Waals surface area (Å²) in [5.41, 5.74) is 0. The Balaban J connectivity index is 4.25. The summed E-state index contributed by atoms with van der Waals surface area (Å²) in [5, 5.41) is 0. The number of hydrogen-bond acceptors (Lipinski definition) is 6. The van der Waals surface area contributed by atoms with Crippen molar-refractivity contribution in [3.05, 3.63) is 0 Å². The minimum Gasteiger partial charge on any atom is -0.462 e. The number of ether oxygens (including phenoxy) is 3. The van der Waals surface area contributed by atoms with Crippen LogP contribution < -0.4 is 0 Å². The van der Waals surface area contributed by atoms with Crippen molar-refractivity contribution < 1.29 is 28.6 Å². The Morgan fingerprint density at radius 2 is 0.333 bits per heavy atom. The van der Waals surface area contributed by atoms with Crippen LogP contribution >= 0.6 is 0 Å². The zero-order valence-electron chi connectivity index (χ0n) is 55.6. The van der Waals surface area contributed by atoms with Crippen LogP contribution in [0.15, 0.2) is 0 Å². The van der Waals surface area contributed by atoms with Crippen molar-refractivity contribution in [2.75, 3.05) is 13.2 Å². The van der Waals surface area contributed by atoms with Crippen molar-refractivity contribution in [3.63, 3.8) is 0 Å². The van der Waals surface area contributed by atoms with Gasteiger partial charge in [0.25, 0.3) is 0 Å². The van der Waals surface area contributed by atoms with Gasteiger partial charge >= 0.3 is 17.9 Å². The van der Waals surface area contributed by atoms with Crippen LogP contribution in [0.5, 0.6) is 0 Å². The van der Waals surface area contributed by atoms with E-state index in [2.05, 4.69) is 20.8 Å². The smallest absolute Gasteiger partial charge is 0.306 e. The van der Waals surface area contributed by atoms with Crippen LogP contribution in [0.3, 0.4) is 0 Å². The Hall–Kier alpha value is -1.59. The molecule has 482 valence electrons. The Morgan fingerprint density at radius 3 is 0.494 bits per heavy atom. The van der Waals surface area contributed by atoms with E-state index in [1.807, 2.05) is 0 Å². The molecular formula is C75H146O6. The maximum absolute atomic E-state index is 13.0. The van der Waals surface area contributed by atoms with E-state index in [0.717, 1.165) is 57.8 Å². The third-order valence-corrected chi connectivity index (χ3v) is 17.6. The molecule has 6 heteroatoms. The molecule has 0 amide bonds. The van der Waals surface area contributed by atoms with Gasteiger partial charge in [0.15, 0.2) is 6.10 Å². The average molecular weight is 1140 g/mol. The Labute approximate surface area is 508 Å². The first-order valence-corrected chi connectivity index (χ1v) is 37.5. The number of unbranched alkanes of at least 4 members (excludes halogenated alkanes) is 60. The molecule has 0 rings (SSSR count). The first-order valence-electron chi connectivity index (χ1n) is 37.5. The molecule has 0 heterocycles. The monoisotopic (exact) mass is 1140 g/mol. The van der Waals surface area contributed by atoms with Crippen LogP contribution in [-0.2, 0) is 28.6 Å². The summed E-state index contributed by atoms with van der Waals surface area (Å²) in [6, 6.07) is 0. The summed E-state index contributed by atoms with van der Waals surface area (Å²) in [4.78, 5) is 38.5. The van der Waals surface area contributed by atoms with Gasteiger partial charge in [0.05, 0.1) is 0 Å². The lowest BCUT2D eigenvalue weighted by Crippen LogP contribution is -2.30. The molecule has 0 aromatic rings. The largest absolute Gasteiger partial charge is 0.462 e.